The first kappa shape index (κ1) is 14.8. The van der Waals surface area contributed by atoms with Gasteiger partial charge in [-0.2, -0.15) is 0 Å². The average Bonchev–Trinajstić information content (AvgIpc) is 2.92. The molecule has 2 heterocycles. The lowest BCUT2D eigenvalue weighted by Gasteiger charge is -2.35. The number of ether oxygens (including phenoxy) is 1. The number of hydrogen-bond acceptors (Lipinski definition) is 4. The zero-order valence-corrected chi connectivity index (χ0v) is 12.2. The quantitative estimate of drug-likeness (QED) is 0.756. The van der Waals surface area contributed by atoms with E-state index in [1.807, 2.05) is 0 Å². The van der Waals surface area contributed by atoms with Crippen molar-refractivity contribution in [1.82, 2.24) is 15.5 Å². The first-order valence-corrected chi connectivity index (χ1v) is 7.42. The van der Waals surface area contributed by atoms with E-state index >= 15 is 0 Å². The van der Waals surface area contributed by atoms with Crippen LogP contribution in [0.5, 0.6) is 0 Å². The molecule has 1 unspecified atom stereocenters. The molecule has 2 rings (SSSR count). The summed E-state index contributed by atoms with van der Waals surface area (Å²) in [7, 11) is 0. The second-order valence-corrected chi connectivity index (χ2v) is 6.18. The lowest BCUT2D eigenvalue weighted by molar-refractivity contribution is -0.125. The van der Waals surface area contributed by atoms with Gasteiger partial charge in [0.1, 0.15) is 0 Å². The molecule has 2 fully saturated rings. The minimum Gasteiger partial charge on any atom is -0.375 e. The molecule has 0 bridgehead atoms. The Morgan fingerprint density at radius 3 is 2.79 bits per heavy atom. The Labute approximate surface area is 116 Å². The molecule has 5 nitrogen and oxygen atoms in total. The monoisotopic (exact) mass is 269 g/mol. The number of nitrogens with zero attached hydrogens (tertiary/aromatic N) is 1. The number of carbonyl (C=O) groups is 1. The zero-order valence-electron chi connectivity index (χ0n) is 12.2. The van der Waals surface area contributed by atoms with Crippen LogP contribution in [0.1, 0.15) is 33.1 Å². The molecule has 2 aliphatic rings. The third-order valence-corrected chi connectivity index (χ3v) is 4.10. The Kier molecular flexibility index (Phi) is 5.19. The van der Waals surface area contributed by atoms with Crippen LogP contribution in [0.4, 0.5) is 0 Å². The predicted octanol–water partition coefficient (Wildman–Crippen LogP) is 0.356. The molecule has 1 amide bonds. The van der Waals surface area contributed by atoms with E-state index in [4.69, 9.17) is 4.74 Å². The van der Waals surface area contributed by atoms with Crippen LogP contribution < -0.4 is 10.6 Å². The topological polar surface area (TPSA) is 53.6 Å². The van der Waals surface area contributed by atoms with Crippen LogP contribution in [-0.4, -0.2) is 61.8 Å². The molecule has 0 aromatic carbocycles. The van der Waals surface area contributed by atoms with Crippen LogP contribution in [0.15, 0.2) is 0 Å². The van der Waals surface area contributed by atoms with Gasteiger partial charge in [-0.3, -0.25) is 9.69 Å². The highest BCUT2D eigenvalue weighted by Crippen LogP contribution is 2.20. The number of carbonyl (C=O) groups excluding carboxylic acids is 1. The van der Waals surface area contributed by atoms with Crippen molar-refractivity contribution >= 4 is 5.91 Å². The third kappa shape index (κ3) is 4.44. The SMILES string of the molecule is CC(C)(CNC(=O)CC1CNCCO1)N1CCCC1. The Balaban J connectivity index is 1.69. The van der Waals surface area contributed by atoms with Crippen molar-refractivity contribution in [2.24, 2.45) is 0 Å². The lowest BCUT2D eigenvalue weighted by atomic mass is 10.0. The summed E-state index contributed by atoms with van der Waals surface area (Å²) in [5, 5.41) is 6.30. The summed E-state index contributed by atoms with van der Waals surface area (Å²) in [4.78, 5) is 14.4. The van der Waals surface area contributed by atoms with Gasteiger partial charge in [-0.25, -0.2) is 0 Å². The summed E-state index contributed by atoms with van der Waals surface area (Å²) in [6.07, 6.45) is 3.05. The third-order valence-electron chi connectivity index (χ3n) is 4.10. The van der Waals surface area contributed by atoms with E-state index in [2.05, 4.69) is 29.4 Å². The Morgan fingerprint density at radius 2 is 2.16 bits per heavy atom. The van der Waals surface area contributed by atoms with E-state index in [1.165, 1.54) is 12.8 Å². The Morgan fingerprint density at radius 1 is 1.42 bits per heavy atom. The van der Waals surface area contributed by atoms with Crippen molar-refractivity contribution < 1.29 is 9.53 Å². The molecule has 0 saturated carbocycles. The summed E-state index contributed by atoms with van der Waals surface area (Å²) in [5.41, 5.74) is 0.0534. The van der Waals surface area contributed by atoms with Crippen molar-refractivity contribution in [3.63, 3.8) is 0 Å². The van der Waals surface area contributed by atoms with Gasteiger partial charge in [0.2, 0.25) is 5.91 Å². The van der Waals surface area contributed by atoms with Gasteiger partial charge in [-0.1, -0.05) is 0 Å². The molecule has 2 N–H and O–H groups in total. The van der Waals surface area contributed by atoms with Crippen LogP contribution in [0.3, 0.4) is 0 Å². The second-order valence-electron chi connectivity index (χ2n) is 6.18. The molecule has 1 atom stereocenters. The van der Waals surface area contributed by atoms with Gasteiger partial charge in [-0.15, -0.1) is 0 Å². The first-order valence-electron chi connectivity index (χ1n) is 7.42. The van der Waals surface area contributed by atoms with Crippen LogP contribution in [0, 0.1) is 0 Å². The molecule has 110 valence electrons. The fraction of sp³-hybridized carbons (Fsp3) is 0.929. The van der Waals surface area contributed by atoms with Crippen LogP contribution >= 0.6 is 0 Å². The molecule has 2 aliphatic heterocycles. The molecule has 19 heavy (non-hydrogen) atoms. The molecular weight excluding hydrogens is 242 g/mol. The van der Waals surface area contributed by atoms with Gasteiger partial charge >= 0.3 is 0 Å². The van der Waals surface area contributed by atoms with Crippen molar-refractivity contribution in [3.8, 4) is 0 Å². The van der Waals surface area contributed by atoms with Crippen LogP contribution in [0.25, 0.3) is 0 Å². The normalized spacial score (nSPS) is 25.5. The van der Waals surface area contributed by atoms with Crippen molar-refractivity contribution in [3.05, 3.63) is 0 Å². The fourth-order valence-electron chi connectivity index (χ4n) is 2.78. The van der Waals surface area contributed by atoms with Crippen molar-refractivity contribution in [1.29, 1.82) is 0 Å². The van der Waals surface area contributed by atoms with E-state index in [0.717, 1.165) is 26.2 Å². The number of rotatable bonds is 5. The van der Waals surface area contributed by atoms with Gasteiger partial charge < -0.3 is 15.4 Å². The number of hydrogen-bond donors (Lipinski definition) is 2. The molecule has 0 spiro atoms. The highest BCUT2D eigenvalue weighted by Gasteiger charge is 2.29. The highest BCUT2D eigenvalue weighted by molar-refractivity contribution is 5.76. The van der Waals surface area contributed by atoms with Crippen molar-refractivity contribution in [2.45, 2.75) is 44.8 Å². The molecule has 5 heteroatoms. The van der Waals surface area contributed by atoms with Crippen LogP contribution in [-0.2, 0) is 9.53 Å². The largest absolute Gasteiger partial charge is 0.375 e. The maximum atomic E-state index is 11.9. The second kappa shape index (κ2) is 6.68. The summed E-state index contributed by atoms with van der Waals surface area (Å²) in [6, 6.07) is 0. The average molecular weight is 269 g/mol. The van der Waals surface area contributed by atoms with E-state index in [0.29, 0.717) is 19.6 Å². The molecular formula is C14H27N3O2. The van der Waals surface area contributed by atoms with Gasteiger partial charge in [0.25, 0.3) is 0 Å². The minimum absolute atomic E-state index is 0.0312. The Hall–Kier alpha value is -0.650. The smallest absolute Gasteiger partial charge is 0.222 e. The molecule has 0 aliphatic carbocycles. The van der Waals surface area contributed by atoms with E-state index in [1.54, 1.807) is 0 Å². The van der Waals surface area contributed by atoms with Crippen molar-refractivity contribution in [2.75, 3.05) is 39.3 Å². The van der Waals surface area contributed by atoms with E-state index in [-0.39, 0.29) is 17.6 Å². The van der Waals surface area contributed by atoms with Gasteiger partial charge in [0.15, 0.2) is 0 Å². The minimum atomic E-state index is 0.0312. The molecule has 0 aromatic rings. The summed E-state index contributed by atoms with van der Waals surface area (Å²) < 4.78 is 5.55. The highest BCUT2D eigenvalue weighted by atomic mass is 16.5. The molecule has 0 radical (unpaired) electrons. The summed E-state index contributed by atoms with van der Waals surface area (Å²) >= 11 is 0. The van der Waals surface area contributed by atoms with Gasteiger partial charge in [0, 0.05) is 25.2 Å². The fourth-order valence-corrected chi connectivity index (χ4v) is 2.78. The Bertz CT molecular complexity index is 295. The zero-order chi connectivity index (χ0) is 13.7. The molecule has 2 saturated heterocycles. The number of morpholine rings is 1. The predicted molar refractivity (Wildman–Crippen MR) is 75.1 cm³/mol. The number of nitrogens with one attached hydrogen (secondary N) is 2. The lowest BCUT2D eigenvalue weighted by Crippen LogP contribution is -2.51. The van der Waals surface area contributed by atoms with Gasteiger partial charge in [0.05, 0.1) is 19.1 Å². The summed E-state index contributed by atoms with van der Waals surface area (Å²) in [5.74, 6) is 0.0981. The maximum absolute atomic E-state index is 11.9. The van der Waals surface area contributed by atoms with E-state index in [9.17, 15) is 4.79 Å². The maximum Gasteiger partial charge on any atom is 0.222 e. The standard InChI is InChI=1S/C14H27N3O2/c1-14(2,17-6-3-4-7-17)11-16-13(18)9-12-10-15-5-8-19-12/h12,15H,3-11H2,1-2H3,(H,16,18). The van der Waals surface area contributed by atoms with Gasteiger partial charge in [-0.05, 0) is 39.8 Å². The van der Waals surface area contributed by atoms with Crippen LogP contribution in [0.2, 0.25) is 0 Å². The number of amides is 1. The molecule has 0 aromatic heterocycles. The van der Waals surface area contributed by atoms with E-state index < -0.39 is 0 Å². The summed E-state index contributed by atoms with van der Waals surface area (Å²) in [6.45, 7) is 9.80. The first-order chi connectivity index (χ1) is 9.08. The number of likely N-dealkylation sites (tertiary alicyclic amines) is 1.